The topological polar surface area (TPSA) is 54.7 Å². The predicted octanol–water partition coefficient (Wildman–Crippen LogP) is 2.80. The van der Waals surface area contributed by atoms with E-state index in [0.29, 0.717) is 23.1 Å². The molecule has 3 heteroatoms. The summed E-state index contributed by atoms with van der Waals surface area (Å²) in [5.74, 6) is 1.80. The SMILES string of the molecule is CC(C)c1c(N)n[nH]c1C1(C(C)C)CC1. The van der Waals surface area contributed by atoms with Crippen molar-refractivity contribution >= 4 is 5.82 Å². The van der Waals surface area contributed by atoms with E-state index in [9.17, 15) is 0 Å². The number of hydrogen-bond acceptors (Lipinski definition) is 2. The number of nitrogens with one attached hydrogen (secondary N) is 1. The molecule has 0 amide bonds. The highest BCUT2D eigenvalue weighted by molar-refractivity contribution is 5.49. The van der Waals surface area contributed by atoms with Gasteiger partial charge in [0, 0.05) is 16.7 Å². The third kappa shape index (κ3) is 1.45. The Kier molecular flexibility index (Phi) is 2.28. The van der Waals surface area contributed by atoms with Crippen molar-refractivity contribution in [2.45, 2.75) is 51.9 Å². The third-order valence-corrected chi connectivity index (χ3v) is 3.80. The fourth-order valence-corrected chi connectivity index (χ4v) is 2.58. The second-order valence-electron chi connectivity index (χ2n) is 5.36. The molecule has 0 radical (unpaired) electrons. The van der Waals surface area contributed by atoms with Gasteiger partial charge in [0.15, 0.2) is 0 Å². The molecule has 1 aliphatic carbocycles. The lowest BCUT2D eigenvalue weighted by Gasteiger charge is -2.21. The molecule has 0 aliphatic heterocycles. The summed E-state index contributed by atoms with van der Waals surface area (Å²) in [6, 6.07) is 0. The van der Waals surface area contributed by atoms with E-state index < -0.39 is 0 Å². The van der Waals surface area contributed by atoms with Gasteiger partial charge in [-0.15, -0.1) is 0 Å². The third-order valence-electron chi connectivity index (χ3n) is 3.80. The Labute approximate surface area is 91.4 Å². The molecular weight excluding hydrogens is 186 g/mol. The molecule has 0 bridgehead atoms. The van der Waals surface area contributed by atoms with Crippen molar-refractivity contribution in [3.05, 3.63) is 11.3 Å². The Morgan fingerprint density at radius 2 is 1.87 bits per heavy atom. The first-order valence-electron chi connectivity index (χ1n) is 5.83. The standard InChI is InChI=1S/C12H21N3/c1-7(2)9-10(14-15-11(9)13)12(5-6-12)8(3)4/h7-8H,5-6H2,1-4H3,(H3,13,14,15). The van der Waals surface area contributed by atoms with Gasteiger partial charge < -0.3 is 5.73 Å². The van der Waals surface area contributed by atoms with E-state index in [1.165, 1.54) is 24.1 Å². The number of H-pyrrole nitrogens is 1. The highest BCUT2D eigenvalue weighted by Crippen LogP contribution is 2.55. The van der Waals surface area contributed by atoms with Crippen molar-refractivity contribution in [1.29, 1.82) is 0 Å². The molecule has 0 saturated heterocycles. The maximum absolute atomic E-state index is 5.92. The van der Waals surface area contributed by atoms with E-state index in [0.717, 1.165) is 0 Å². The molecule has 1 saturated carbocycles. The average molecular weight is 207 g/mol. The van der Waals surface area contributed by atoms with Crippen molar-refractivity contribution in [3.8, 4) is 0 Å². The van der Waals surface area contributed by atoms with Gasteiger partial charge in [0.25, 0.3) is 0 Å². The van der Waals surface area contributed by atoms with Gasteiger partial charge in [0.2, 0.25) is 0 Å². The van der Waals surface area contributed by atoms with Gasteiger partial charge in [-0.05, 0) is 24.7 Å². The van der Waals surface area contributed by atoms with Crippen LogP contribution in [0.25, 0.3) is 0 Å². The summed E-state index contributed by atoms with van der Waals surface area (Å²) < 4.78 is 0. The molecule has 0 atom stereocenters. The largest absolute Gasteiger partial charge is 0.382 e. The van der Waals surface area contributed by atoms with Crippen molar-refractivity contribution < 1.29 is 0 Å². The molecule has 1 heterocycles. The van der Waals surface area contributed by atoms with Gasteiger partial charge in [-0.1, -0.05) is 27.7 Å². The first-order valence-corrected chi connectivity index (χ1v) is 5.83. The molecule has 2 rings (SSSR count). The minimum absolute atomic E-state index is 0.338. The van der Waals surface area contributed by atoms with Crippen LogP contribution in [0.15, 0.2) is 0 Å². The summed E-state index contributed by atoms with van der Waals surface area (Å²) in [6.45, 7) is 8.94. The fraction of sp³-hybridized carbons (Fsp3) is 0.750. The van der Waals surface area contributed by atoms with Gasteiger partial charge in [-0.3, -0.25) is 5.10 Å². The smallest absolute Gasteiger partial charge is 0.148 e. The van der Waals surface area contributed by atoms with Crippen LogP contribution in [0.3, 0.4) is 0 Å². The summed E-state index contributed by atoms with van der Waals surface area (Å²) in [5, 5.41) is 7.34. The lowest BCUT2D eigenvalue weighted by Crippen LogP contribution is -2.17. The quantitative estimate of drug-likeness (QED) is 0.800. The molecule has 1 aromatic heterocycles. The Bertz CT molecular complexity index is 359. The summed E-state index contributed by atoms with van der Waals surface area (Å²) in [6.07, 6.45) is 2.54. The second-order valence-corrected chi connectivity index (χ2v) is 5.36. The van der Waals surface area contributed by atoms with E-state index in [-0.39, 0.29) is 0 Å². The van der Waals surface area contributed by atoms with Crippen molar-refractivity contribution in [3.63, 3.8) is 0 Å². The first-order chi connectivity index (χ1) is 6.99. The molecule has 0 spiro atoms. The van der Waals surface area contributed by atoms with Gasteiger partial charge in [0.05, 0.1) is 0 Å². The zero-order valence-corrected chi connectivity index (χ0v) is 10.1. The molecule has 0 unspecified atom stereocenters. The zero-order valence-electron chi connectivity index (χ0n) is 10.1. The van der Waals surface area contributed by atoms with Crippen LogP contribution in [0, 0.1) is 5.92 Å². The van der Waals surface area contributed by atoms with E-state index in [2.05, 4.69) is 37.9 Å². The highest BCUT2D eigenvalue weighted by Gasteiger charge is 2.50. The maximum atomic E-state index is 5.92. The number of nitrogens with zero attached hydrogens (tertiary/aromatic N) is 1. The Hall–Kier alpha value is -0.990. The van der Waals surface area contributed by atoms with Crippen LogP contribution in [-0.4, -0.2) is 10.2 Å². The Morgan fingerprint density at radius 3 is 2.27 bits per heavy atom. The number of anilines is 1. The van der Waals surface area contributed by atoms with Crippen LogP contribution in [0.2, 0.25) is 0 Å². The van der Waals surface area contributed by atoms with Crippen LogP contribution in [0.5, 0.6) is 0 Å². The number of rotatable bonds is 3. The normalized spacial score (nSPS) is 18.8. The van der Waals surface area contributed by atoms with E-state index >= 15 is 0 Å². The van der Waals surface area contributed by atoms with E-state index in [1.807, 2.05) is 0 Å². The lowest BCUT2D eigenvalue weighted by atomic mass is 9.84. The highest BCUT2D eigenvalue weighted by atomic mass is 15.2. The van der Waals surface area contributed by atoms with E-state index in [4.69, 9.17) is 5.73 Å². The molecule has 1 aliphatic rings. The summed E-state index contributed by atoms with van der Waals surface area (Å²) in [5.41, 5.74) is 8.80. The second kappa shape index (κ2) is 3.26. The number of nitrogen functional groups attached to an aromatic ring is 1. The number of nitrogens with two attached hydrogens (primary N) is 1. The minimum atomic E-state index is 0.338. The van der Waals surface area contributed by atoms with Crippen LogP contribution in [0.1, 0.15) is 57.7 Å². The van der Waals surface area contributed by atoms with Gasteiger partial charge in [-0.2, -0.15) is 5.10 Å². The monoisotopic (exact) mass is 207 g/mol. The molecule has 1 aromatic rings. The molecule has 3 N–H and O–H groups in total. The Morgan fingerprint density at radius 1 is 1.27 bits per heavy atom. The summed E-state index contributed by atoms with van der Waals surface area (Å²) in [4.78, 5) is 0. The number of aromatic amines is 1. The lowest BCUT2D eigenvalue weighted by molar-refractivity contribution is 0.464. The molecule has 84 valence electrons. The van der Waals surface area contributed by atoms with Crippen molar-refractivity contribution in [1.82, 2.24) is 10.2 Å². The number of aromatic nitrogens is 2. The van der Waals surface area contributed by atoms with Gasteiger partial charge in [0.1, 0.15) is 5.82 Å². The predicted molar refractivity (Wildman–Crippen MR) is 62.8 cm³/mol. The van der Waals surface area contributed by atoms with Crippen molar-refractivity contribution in [2.75, 3.05) is 5.73 Å². The van der Waals surface area contributed by atoms with Gasteiger partial charge in [-0.25, -0.2) is 0 Å². The van der Waals surface area contributed by atoms with Crippen LogP contribution in [0.4, 0.5) is 5.82 Å². The van der Waals surface area contributed by atoms with Crippen LogP contribution in [-0.2, 0) is 5.41 Å². The van der Waals surface area contributed by atoms with Crippen molar-refractivity contribution in [2.24, 2.45) is 5.92 Å². The fourth-order valence-electron chi connectivity index (χ4n) is 2.58. The molecule has 15 heavy (non-hydrogen) atoms. The average Bonchev–Trinajstić information content (AvgIpc) is 2.85. The first kappa shape index (κ1) is 10.5. The molecule has 3 nitrogen and oxygen atoms in total. The summed E-state index contributed by atoms with van der Waals surface area (Å²) in [7, 11) is 0. The van der Waals surface area contributed by atoms with Crippen LogP contribution >= 0.6 is 0 Å². The van der Waals surface area contributed by atoms with Gasteiger partial charge >= 0.3 is 0 Å². The van der Waals surface area contributed by atoms with E-state index in [1.54, 1.807) is 0 Å². The molecule has 1 fully saturated rings. The minimum Gasteiger partial charge on any atom is -0.382 e. The van der Waals surface area contributed by atoms with Crippen LogP contribution < -0.4 is 5.73 Å². The molecule has 0 aromatic carbocycles. The Balaban J connectivity index is 2.45. The zero-order chi connectivity index (χ0) is 11.2. The summed E-state index contributed by atoms with van der Waals surface area (Å²) >= 11 is 0. The molecular formula is C12H21N3. The number of hydrogen-bond donors (Lipinski definition) is 2. The maximum Gasteiger partial charge on any atom is 0.148 e.